The number of aromatic amines is 1. The fraction of sp³-hybridized carbons (Fsp3) is 0.360. The molecule has 0 saturated heterocycles. The SMILES string of the molecule is COc1c(F)cccc1Nc1c2[nH]c3c1C(=O)NC[C@H]3[I-]CC(C)CCCOc1cnccc1-2. The van der Waals surface area contributed by atoms with E-state index in [9.17, 15) is 9.18 Å². The van der Waals surface area contributed by atoms with Crippen molar-refractivity contribution in [3.8, 4) is 22.8 Å². The molecule has 2 aromatic heterocycles. The van der Waals surface area contributed by atoms with Crippen LogP contribution in [0.3, 0.4) is 0 Å². The Hall–Kier alpha value is -2.82. The zero-order chi connectivity index (χ0) is 23.7. The van der Waals surface area contributed by atoms with Crippen molar-refractivity contribution in [1.29, 1.82) is 0 Å². The molecule has 5 rings (SSSR count). The summed E-state index contributed by atoms with van der Waals surface area (Å²) in [5, 5.41) is 6.40. The van der Waals surface area contributed by atoms with Crippen LogP contribution in [0.15, 0.2) is 36.7 Å². The van der Waals surface area contributed by atoms with Gasteiger partial charge in [0.15, 0.2) is 0 Å². The van der Waals surface area contributed by atoms with E-state index in [1.54, 1.807) is 24.5 Å². The van der Waals surface area contributed by atoms with Crippen LogP contribution in [0.2, 0.25) is 0 Å². The summed E-state index contributed by atoms with van der Waals surface area (Å²) in [5.74, 6) is 0.727. The first-order valence-corrected chi connectivity index (χ1v) is 14.1. The van der Waals surface area contributed by atoms with Gasteiger partial charge in [-0.1, -0.05) is 0 Å². The summed E-state index contributed by atoms with van der Waals surface area (Å²) in [7, 11) is 1.43. The second-order valence-electron chi connectivity index (χ2n) is 8.56. The van der Waals surface area contributed by atoms with E-state index in [1.165, 1.54) is 17.6 Å². The summed E-state index contributed by atoms with van der Waals surface area (Å²) in [5.41, 5.74) is 4.09. The van der Waals surface area contributed by atoms with Crippen molar-refractivity contribution in [3.63, 3.8) is 0 Å². The summed E-state index contributed by atoms with van der Waals surface area (Å²) in [6, 6.07) is 6.58. The number of amides is 1. The minimum absolute atomic E-state index is 0.0954. The van der Waals surface area contributed by atoms with Crippen LogP contribution >= 0.6 is 0 Å². The molecule has 1 aromatic carbocycles. The molecule has 2 aliphatic heterocycles. The third-order valence-electron chi connectivity index (χ3n) is 6.13. The van der Waals surface area contributed by atoms with Gasteiger partial charge in [0.25, 0.3) is 0 Å². The van der Waals surface area contributed by atoms with Crippen molar-refractivity contribution in [2.45, 2.75) is 23.7 Å². The number of H-pyrrole nitrogens is 1. The number of hydrogen-bond donors (Lipinski definition) is 3. The quantitative estimate of drug-likeness (QED) is 0.326. The van der Waals surface area contributed by atoms with Gasteiger partial charge in [-0.3, -0.25) is 0 Å². The van der Waals surface area contributed by atoms with Crippen molar-refractivity contribution in [1.82, 2.24) is 15.3 Å². The van der Waals surface area contributed by atoms with Crippen LogP contribution in [0.25, 0.3) is 11.3 Å². The number of methoxy groups -OCH3 is 1. The van der Waals surface area contributed by atoms with Gasteiger partial charge in [-0.2, -0.15) is 0 Å². The number of anilines is 2. The first kappa shape index (κ1) is 22.9. The van der Waals surface area contributed by atoms with Crippen LogP contribution in [-0.2, 0) is 0 Å². The van der Waals surface area contributed by atoms with Gasteiger partial charge >= 0.3 is 209 Å². The molecule has 0 spiro atoms. The summed E-state index contributed by atoms with van der Waals surface area (Å²) < 4.78 is 27.3. The van der Waals surface area contributed by atoms with E-state index < -0.39 is 5.82 Å². The molecule has 2 atom stereocenters. The summed E-state index contributed by atoms with van der Waals surface area (Å²) in [4.78, 5) is 21.0. The number of carbonyl (C=O) groups is 1. The van der Waals surface area contributed by atoms with E-state index in [2.05, 4.69) is 27.5 Å². The number of rotatable bonds is 3. The van der Waals surface area contributed by atoms with Crippen molar-refractivity contribution >= 4 is 17.3 Å². The van der Waals surface area contributed by atoms with Gasteiger partial charge in [0.2, 0.25) is 0 Å². The molecule has 1 unspecified atom stereocenters. The third kappa shape index (κ3) is 4.33. The molecular formula is C25H27FIN4O3-. The van der Waals surface area contributed by atoms with E-state index in [0.29, 0.717) is 41.8 Å². The van der Waals surface area contributed by atoms with E-state index in [4.69, 9.17) is 9.47 Å². The number of fused-ring (bicyclic) bond motifs is 3. The second-order valence-corrected chi connectivity index (χ2v) is 11.8. The molecule has 3 aromatic rings. The maximum absolute atomic E-state index is 14.5. The number of ether oxygens (including phenoxy) is 2. The molecule has 1 amide bonds. The zero-order valence-electron chi connectivity index (χ0n) is 19.1. The van der Waals surface area contributed by atoms with E-state index in [0.717, 1.165) is 29.8 Å². The third-order valence-corrected chi connectivity index (χ3v) is 10.3. The molecule has 0 radical (unpaired) electrons. The van der Waals surface area contributed by atoms with Crippen LogP contribution in [-0.4, -0.2) is 40.6 Å². The molecule has 2 aliphatic rings. The van der Waals surface area contributed by atoms with Crippen molar-refractivity contribution in [3.05, 3.63) is 53.7 Å². The zero-order valence-corrected chi connectivity index (χ0v) is 21.2. The van der Waals surface area contributed by atoms with Crippen molar-refractivity contribution < 1.29 is 39.9 Å². The number of aromatic nitrogens is 2. The Kier molecular flexibility index (Phi) is 6.62. The van der Waals surface area contributed by atoms with Crippen molar-refractivity contribution in [2.24, 2.45) is 5.92 Å². The first-order valence-electron chi connectivity index (χ1n) is 11.3. The molecule has 0 aliphatic carbocycles. The molecule has 7 nitrogen and oxygen atoms in total. The Morgan fingerprint density at radius 2 is 2.21 bits per heavy atom. The number of alkyl halides is 2. The number of nitrogens with one attached hydrogen (secondary N) is 3. The topological polar surface area (TPSA) is 88.3 Å². The van der Waals surface area contributed by atoms with Crippen LogP contribution < -0.4 is 41.3 Å². The fourth-order valence-electron chi connectivity index (χ4n) is 4.42. The Morgan fingerprint density at radius 1 is 1.32 bits per heavy atom. The van der Waals surface area contributed by atoms with E-state index in [-0.39, 0.29) is 36.8 Å². The number of hydrogen-bond acceptors (Lipinski definition) is 5. The van der Waals surface area contributed by atoms with Crippen LogP contribution in [0, 0.1) is 11.7 Å². The second kappa shape index (κ2) is 9.81. The van der Waals surface area contributed by atoms with Gasteiger partial charge in [-0.25, -0.2) is 0 Å². The minimum atomic E-state index is -0.476. The number of carbonyl (C=O) groups excluding carboxylic acids is 1. The molecule has 4 heterocycles. The van der Waals surface area contributed by atoms with Gasteiger partial charge in [0, 0.05) is 0 Å². The number of halogens is 2. The van der Waals surface area contributed by atoms with Gasteiger partial charge in [0.1, 0.15) is 0 Å². The molecule has 34 heavy (non-hydrogen) atoms. The van der Waals surface area contributed by atoms with Crippen LogP contribution in [0.4, 0.5) is 15.8 Å². The Morgan fingerprint density at radius 3 is 3.06 bits per heavy atom. The number of benzene rings is 1. The predicted octanol–water partition coefficient (Wildman–Crippen LogP) is 1.65. The predicted molar refractivity (Wildman–Crippen MR) is 124 cm³/mol. The summed E-state index contributed by atoms with van der Waals surface area (Å²) >= 11 is -0.202. The average molecular weight is 577 g/mol. The Balaban J connectivity index is 1.70. The molecule has 0 fully saturated rings. The molecular weight excluding hydrogens is 550 g/mol. The number of pyridine rings is 1. The standard InChI is InChI=1S/C25H27FIN4O3/c1-14-5-4-10-34-19-13-28-9-8-15(19)21-23(30-18-7-3-6-16(26)24(18)33-2)20-22(31-21)17(27-11-14)12-29-25(20)32/h3,6-9,13-14,17,30-31H,4-5,10-12H2,1-2H3,(H,29,32)/q-1/t14?,17-/m1/s1. The molecule has 2 bridgehead atoms. The normalized spacial score (nSPS) is 20.3. The van der Waals surface area contributed by atoms with E-state index in [1.807, 2.05) is 6.07 Å². The Bertz CT molecular complexity index is 1210. The summed E-state index contributed by atoms with van der Waals surface area (Å²) in [6.07, 6.45) is 5.50. The summed E-state index contributed by atoms with van der Waals surface area (Å²) in [6.45, 7) is 3.53. The van der Waals surface area contributed by atoms with Gasteiger partial charge < -0.3 is 0 Å². The van der Waals surface area contributed by atoms with Gasteiger partial charge in [-0.15, -0.1) is 0 Å². The van der Waals surface area contributed by atoms with Crippen LogP contribution in [0.1, 0.15) is 39.7 Å². The number of nitrogens with zero attached hydrogens (tertiary/aromatic N) is 1. The van der Waals surface area contributed by atoms with E-state index >= 15 is 0 Å². The van der Waals surface area contributed by atoms with Gasteiger partial charge in [0.05, 0.1) is 0 Å². The van der Waals surface area contributed by atoms with Crippen molar-refractivity contribution in [2.75, 3.05) is 30.0 Å². The van der Waals surface area contributed by atoms with Gasteiger partial charge in [-0.05, 0) is 0 Å². The number of para-hydroxylation sites is 1. The maximum atomic E-state index is 14.5. The average Bonchev–Trinajstić information content (AvgIpc) is 3.21. The molecule has 9 heteroatoms. The molecule has 0 saturated carbocycles. The Labute approximate surface area is 208 Å². The monoisotopic (exact) mass is 577 g/mol. The fourth-order valence-corrected chi connectivity index (χ4v) is 7.78. The first-order chi connectivity index (χ1) is 16.6. The van der Waals surface area contributed by atoms with Crippen LogP contribution in [0.5, 0.6) is 11.5 Å². The molecule has 3 N–H and O–H groups in total. The molecule has 180 valence electrons.